The zero-order valence-corrected chi connectivity index (χ0v) is 9.48. The van der Waals surface area contributed by atoms with Crippen LogP contribution in [0.3, 0.4) is 0 Å². The van der Waals surface area contributed by atoms with Gasteiger partial charge in [0.2, 0.25) is 0 Å². The predicted molar refractivity (Wildman–Crippen MR) is 62.5 cm³/mol. The molecule has 0 saturated heterocycles. The molecule has 1 saturated carbocycles. The molecule has 1 aliphatic carbocycles. The number of aromatic nitrogens is 2. The van der Waals surface area contributed by atoms with Crippen molar-refractivity contribution in [2.24, 2.45) is 11.7 Å². The lowest BCUT2D eigenvalue weighted by atomic mass is 10.0. The van der Waals surface area contributed by atoms with Gasteiger partial charge < -0.3 is 11.1 Å². The monoisotopic (exact) mass is 236 g/mol. The predicted octanol–water partition coefficient (Wildman–Crippen LogP) is -0.373. The Bertz CT molecular complexity index is 437. The summed E-state index contributed by atoms with van der Waals surface area (Å²) >= 11 is 0. The topological polar surface area (TPSA) is 101 Å². The smallest absolute Gasteiger partial charge is 0.271 e. The molecule has 0 spiro atoms. The number of aromatic amines is 1. The van der Waals surface area contributed by atoms with Gasteiger partial charge in [-0.2, -0.15) is 5.10 Å². The van der Waals surface area contributed by atoms with Crippen LogP contribution in [-0.2, 0) is 0 Å². The van der Waals surface area contributed by atoms with Gasteiger partial charge in [0.1, 0.15) is 5.69 Å². The van der Waals surface area contributed by atoms with Crippen LogP contribution in [0.15, 0.2) is 16.9 Å². The highest BCUT2D eigenvalue weighted by Crippen LogP contribution is 2.22. The minimum absolute atomic E-state index is 0.179. The summed E-state index contributed by atoms with van der Waals surface area (Å²) in [6.45, 7) is 0.570. The summed E-state index contributed by atoms with van der Waals surface area (Å²) in [5.41, 5.74) is 5.81. The van der Waals surface area contributed by atoms with E-state index in [9.17, 15) is 9.59 Å². The third-order valence-corrected chi connectivity index (χ3v) is 3.15. The molecule has 92 valence electrons. The molecule has 1 aliphatic rings. The van der Waals surface area contributed by atoms with Gasteiger partial charge in [-0.25, -0.2) is 5.10 Å². The number of H-pyrrole nitrogens is 1. The van der Waals surface area contributed by atoms with Gasteiger partial charge in [0.25, 0.3) is 11.5 Å². The third kappa shape index (κ3) is 2.91. The van der Waals surface area contributed by atoms with E-state index in [1.54, 1.807) is 0 Å². The summed E-state index contributed by atoms with van der Waals surface area (Å²) in [5, 5.41) is 8.68. The van der Waals surface area contributed by atoms with Crippen LogP contribution in [0.5, 0.6) is 0 Å². The molecule has 2 atom stereocenters. The van der Waals surface area contributed by atoms with Crippen LogP contribution in [0.25, 0.3) is 0 Å². The highest BCUT2D eigenvalue weighted by atomic mass is 16.2. The molecule has 1 aromatic rings. The van der Waals surface area contributed by atoms with Crippen LogP contribution in [0.4, 0.5) is 0 Å². The number of carbonyl (C=O) groups excluding carboxylic acids is 1. The summed E-state index contributed by atoms with van der Waals surface area (Å²) < 4.78 is 0. The maximum Gasteiger partial charge on any atom is 0.271 e. The van der Waals surface area contributed by atoms with Crippen molar-refractivity contribution in [3.63, 3.8) is 0 Å². The molecule has 4 N–H and O–H groups in total. The Balaban J connectivity index is 1.89. The van der Waals surface area contributed by atoms with Crippen LogP contribution in [0.2, 0.25) is 0 Å². The zero-order chi connectivity index (χ0) is 12.3. The molecular weight excluding hydrogens is 220 g/mol. The molecule has 17 heavy (non-hydrogen) atoms. The number of amides is 1. The molecule has 0 bridgehead atoms. The Morgan fingerprint density at radius 1 is 1.53 bits per heavy atom. The lowest BCUT2D eigenvalue weighted by Gasteiger charge is -2.15. The van der Waals surface area contributed by atoms with E-state index in [1.807, 2.05) is 0 Å². The van der Waals surface area contributed by atoms with Crippen molar-refractivity contribution in [3.8, 4) is 0 Å². The Kier molecular flexibility index (Phi) is 3.53. The average Bonchev–Trinajstić information content (AvgIpc) is 2.73. The number of carbonyl (C=O) groups is 1. The molecule has 1 amide bonds. The molecule has 0 radical (unpaired) electrons. The first-order valence-electron chi connectivity index (χ1n) is 5.76. The van der Waals surface area contributed by atoms with Gasteiger partial charge in [-0.3, -0.25) is 9.59 Å². The van der Waals surface area contributed by atoms with Gasteiger partial charge in [-0.15, -0.1) is 0 Å². The largest absolute Gasteiger partial charge is 0.350 e. The Morgan fingerprint density at radius 3 is 2.94 bits per heavy atom. The van der Waals surface area contributed by atoms with Crippen molar-refractivity contribution in [2.45, 2.75) is 25.3 Å². The molecule has 0 aliphatic heterocycles. The van der Waals surface area contributed by atoms with E-state index < -0.39 is 0 Å². The van der Waals surface area contributed by atoms with Crippen molar-refractivity contribution in [3.05, 3.63) is 28.2 Å². The molecule has 1 fully saturated rings. The number of nitrogens with two attached hydrogens (primary N) is 1. The molecule has 2 unspecified atom stereocenters. The molecule has 1 heterocycles. The van der Waals surface area contributed by atoms with Gasteiger partial charge in [0.05, 0.1) is 0 Å². The Morgan fingerprint density at radius 2 is 2.35 bits per heavy atom. The second kappa shape index (κ2) is 5.09. The highest BCUT2D eigenvalue weighted by Gasteiger charge is 2.24. The first-order chi connectivity index (χ1) is 8.16. The van der Waals surface area contributed by atoms with E-state index in [-0.39, 0.29) is 23.2 Å². The van der Waals surface area contributed by atoms with Crippen LogP contribution in [0.1, 0.15) is 29.8 Å². The number of nitrogens with one attached hydrogen (secondary N) is 2. The standard InChI is InChI=1S/C11H16N4O2/c12-8-3-1-2-7(8)6-13-11(17)9-4-5-10(16)15-14-9/h4-5,7-8H,1-3,6,12H2,(H,13,17)(H,15,16). The minimum Gasteiger partial charge on any atom is -0.350 e. The van der Waals surface area contributed by atoms with Crippen LogP contribution >= 0.6 is 0 Å². The fourth-order valence-corrected chi connectivity index (χ4v) is 2.10. The fourth-order valence-electron chi connectivity index (χ4n) is 2.10. The molecule has 6 nitrogen and oxygen atoms in total. The Labute approximate surface area is 98.6 Å². The lowest BCUT2D eigenvalue weighted by Crippen LogP contribution is -2.36. The van der Waals surface area contributed by atoms with Crippen molar-refractivity contribution in [2.75, 3.05) is 6.54 Å². The van der Waals surface area contributed by atoms with Crippen molar-refractivity contribution in [1.82, 2.24) is 15.5 Å². The van der Waals surface area contributed by atoms with E-state index in [0.717, 1.165) is 19.3 Å². The normalized spacial score (nSPS) is 23.6. The first-order valence-corrected chi connectivity index (χ1v) is 5.76. The molecule has 2 rings (SSSR count). The number of rotatable bonds is 3. The molecule has 1 aromatic heterocycles. The second-order valence-corrected chi connectivity index (χ2v) is 4.37. The summed E-state index contributed by atoms with van der Waals surface area (Å²) in [4.78, 5) is 22.5. The van der Waals surface area contributed by atoms with E-state index in [0.29, 0.717) is 12.5 Å². The zero-order valence-electron chi connectivity index (χ0n) is 9.48. The third-order valence-electron chi connectivity index (χ3n) is 3.15. The maximum absolute atomic E-state index is 11.7. The van der Waals surface area contributed by atoms with Crippen molar-refractivity contribution >= 4 is 5.91 Å². The summed E-state index contributed by atoms with van der Waals surface area (Å²) in [6, 6.07) is 2.87. The molecule has 6 heteroatoms. The first kappa shape index (κ1) is 11.8. The van der Waals surface area contributed by atoms with Gasteiger partial charge >= 0.3 is 0 Å². The maximum atomic E-state index is 11.7. The van der Waals surface area contributed by atoms with E-state index in [4.69, 9.17) is 5.73 Å². The van der Waals surface area contributed by atoms with Crippen LogP contribution < -0.4 is 16.6 Å². The quantitative estimate of drug-likeness (QED) is 0.666. The number of nitrogens with zero attached hydrogens (tertiary/aromatic N) is 1. The number of hydrogen-bond donors (Lipinski definition) is 3. The Hall–Kier alpha value is -1.69. The highest BCUT2D eigenvalue weighted by molar-refractivity contribution is 5.91. The van der Waals surface area contributed by atoms with E-state index in [1.165, 1.54) is 12.1 Å². The van der Waals surface area contributed by atoms with Gasteiger partial charge in [0.15, 0.2) is 0 Å². The van der Waals surface area contributed by atoms with E-state index in [2.05, 4.69) is 15.5 Å². The summed E-state index contributed by atoms with van der Waals surface area (Å²) in [5.74, 6) is 0.0714. The minimum atomic E-state index is -0.320. The SMILES string of the molecule is NC1CCCC1CNC(=O)c1ccc(=O)[nH]n1. The summed E-state index contributed by atoms with van der Waals surface area (Å²) in [7, 11) is 0. The van der Waals surface area contributed by atoms with Crippen molar-refractivity contribution < 1.29 is 4.79 Å². The average molecular weight is 236 g/mol. The van der Waals surface area contributed by atoms with Crippen LogP contribution in [0, 0.1) is 5.92 Å². The van der Waals surface area contributed by atoms with Gasteiger partial charge in [0, 0.05) is 18.7 Å². The molecule has 0 aromatic carbocycles. The lowest BCUT2D eigenvalue weighted by molar-refractivity contribution is 0.0940. The summed E-state index contributed by atoms with van der Waals surface area (Å²) in [6.07, 6.45) is 3.20. The van der Waals surface area contributed by atoms with Crippen LogP contribution in [-0.4, -0.2) is 28.7 Å². The second-order valence-electron chi connectivity index (χ2n) is 4.37. The van der Waals surface area contributed by atoms with Crippen molar-refractivity contribution in [1.29, 1.82) is 0 Å². The fraction of sp³-hybridized carbons (Fsp3) is 0.545. The molecular formula is C11H16N4O2. The number of hydrogen-bond acceptors (Lipinski definition) is 4. The van der Waals surface area contributed by atoms with Gasteiger partial charge in [-0.1, -0.05) is 6.42 Å². The van der Waals surface area contributed by atoms with E-state index >= 15 is 0 Å². The van der Waals surface area contributed by atoms with Gasteiger partial charge in [-0.05, 0) is 24.8 Å².